The Morgan fingerprint density at radius 1 is 0.889 bits per heavy atom. The maximum absolute atomic E-state index is 8.91. The summed E-state index contributed by atoms with van der Waals surface area (Å²) in [6.07, 6.45) is 5.92. The van der Waals surface area contributed by atoms with Crippen LogP contribution in [0.2, 0.25) is 0 Å². The van der Waals surface area contributed by atoms with Crippen molar-refractivity contribution in [3.05, 3.63) is 0 Å². The second kappa shape index (κ2) is 6.66. The zero-order valence-corrected chi connectivity index (χ0v) is 7.01. The first-order chi connectivity index (χ1) is 3.39. The summed E-state index contributed by atoms with van der Waals surface area (Å²) < 4.78 is 0. The van der Waals surface area contributed by atoms with Crippen molar-refractivity contribution < 1.29 is 5.11 Å². The van der Waals surface area contributed by atoms with E-state index in [1.54, 1.807) is 0 Å². The highest BCUT2D eigenvalue weighted by atomic mass is 35.5. The van der Waals surface area contributed by atoms with Crippen LogP contribution in [0.1, 0.15) is 32.1 Å². The fraction of sp³-hybridized carbons (Fsp3) is 1.00. The molecule has 1 nitrogen and oxygen atoms in total. The molecule has 0 aromatic rings. The number of aliphatic hydroxyl groups is 1. The predicted octanol–water partition coefficient (Wildman–Crippen LogP) is 2.15. The molecule has 1 saturated carbocycles. The van der Waals surface area contributed by atoms with Crippen LogP contribution in [0.25, 0.3) is 0 Å². The summed E-state index contributed by atoms with van der Waals surface area (Å²) in [5.41, 5.74) is 0. The summed E-state index contributed by atoms with van der Waals surface area (Å²) in [6.45, 7) is 0. The molecule has 1 aliphatic carbocycles. The minimum absolute atomic E-state index is 0. The van der Waals surface area contributed by atoms with Gasteiger partial charge < -0.3 is 5.11 Å². The molecule has 0 aliphatic heterocycles. The zero-order valence-electron chi connectivity index (χ0n) is 5.38. The molecule has 0 unspecified atom stereocenters. The highest BCUT2D eigenvalue weighted by molar-refractivity contribution is 5.85. The van der Waals surface area contributed by atoms with Gasteiger partial charge in [-0.2, -0.15) is 0 Å². The Kier molecular flexibility index (Phi) is 9.05. The largest absolute Gasteiger partial charge is 0.393 e. The van der Waals surface area contributed by atoms with Gasteiger partial charge in [0, 0.05) is 0 Å². The average molecular weight is 173 g/mol. The summed E-state index contributed by atoms with van der Waals surface area (Å²) in [4.78, 5) is 0. The molecule has 0 bridgehead atoms. The molecule has 0 heterocycles. The molecular weight excluding hydrogens is 159 g/mol. The fourth-order valence-corrected chi connectivity index (χ4v) is 1.08. The SMILES string of the molecule is Cl.Cl.OC1CCCCC1. The molecule has 0 radical (unpaired) electrons. The van der Waals surface area contributed by atoms with Crippen molar-refractivity contribution in [1.82, 2.24) is 0 Å². The van der Waals surface area contributed by atoms with E-state index in [0.29, 0.717) is 0 Å². The van der Waals surface area contributed by atoms with Gasteiger partial charge in [0.05, 0.1) is 6.10 Å². The summed E-state index contributed by atoms with van der Waals surface area (Å²) in [7, 11) is 0. The van der Waals surface area contributed by atoms with Gasteiger partial charge in [-0.3, -0.25) is 0 Å². The van der Waals surface area contributed by atoms with E-state index in [0.717, 1.165) is 12.8 Å². The molecule has 0 aromatic carbocycles. The van der Waals surface area contributed by atoms with Gasteiger partial charge in [-0.25, -0.2) is 0 Å². The first-order valence-corrected chi connectivity index (χ1v) is 3.07. The van der Waals surface area contributed by atoms with Crippen molar-refractivity contribution in [2.75, 3.05) is 0 Å². The summed E-state index contributed by atoms with van der Waals surface area (Å²) in [5, 5.41) is 8.91. The monoisotopic (exact) mass is 172 g/mol. The maximum Gasteiger partial charge on any atom is 0.0540 e. The fourth-order valence-electron chi connectivity index (χ4n) is 1.08. The smallest absolute Gasteiger partial charge is 0.0540 e. The second-order valence-corrected chi connectivity index (χ2v) is 2.29. The van der Waals surface area contributed by atoms with Crippen molar-refractivity contribution >= 4 is 24.8 Å². The van der Waals surface area contributed by atoms with Gasteiger partial charge in [-0.05, 0) is 12.8 Å². The number of rotatable bonds is 0. The lowest BCUT2D eigenvalue weighted by Crippen LogP contribution is -2.09. The zero-order chi connectivity index (χ0) is 5.11. The molecule has 0 spiro atoms. The predicted molar refractivity (Wildman–Crippen MR) is 43.6 cm³/mol. The Hall–Kier alpha value is 0.540. The molecule has 3 heteroatoms. The third-order valence-electron chi connectivity index (χ3n) is 1.57. The Bertz CT molecular complexity index is 53.0. The highest BCUT2D eigenvalue weighted by Gasteiger charge is 2.07. The van der Waals surface area contributed by atoms with Crippen LogP contribution in [0.15, 0.2) is 0 Å². The molecule has 58 valence electrons. The van der Waals surface area contributed by atoms with Gasteiger partial charge >= 0.3 is 0 Å². The lowest BCUT2D eigenvalue weighted by Gasteiger charge is -2.14. The van der Waals surface area contributed by atoms with E-state index in [4.69, 9.17) is 5.11 Å². The van der Waals surface area contributed by atoms with Gasteiger partial charge in [0.1, 0.15) is 0 Å². The van der Waals surface area contributed by atoms with E-state index in [-0.39, 0.29) is 30.9 Å². The Balaban J connectivity index is 0. The molecule has 0 amide bonds. The minimum Gasteiger partial charge on any atom is -0.393 e. The Morgan fingerprint density at radius 2 is 1.33 bits per heavy atom. The molecule has 1 rings (SSSR count). The van der Waals surface area contributed by atoms with E-state index < -0.39 is 0 Å². The topological polar surface area (TPSA) is 20.2 Å². The van der Waals surface area contributed by atoms with Gasteiger partial charge in [0.2, 0.25) is 0 Å². The normalized spacial score (nSPS) is 19.7. The van der Waals surface area contributed by atoms with Crippen molar-refractivity contribution in [3.8, 4) is 0 Å². The third kappa shape index (κ3) is 5.01. The van der Waals surface area contributed by atoms with Gasteiger partial charge in [-0.15, -0.1) is 24.8 Å². The molecule has 9 heavy (non-hydrogen) atoms. The summed E-state index contributed by atoms with van der Waals surface area (Å²) in [6, 6.07) is 0. The molecule has 0 atom stereocenters. The molecule has 1 fully saturated rings. The molecule has 1 aliphatic rings. The van der Waals surface area contributed by atoms with Gasteiger partial charge in [0.25, 0.3) is 0 Å². The van der Waals surface area contributed by atoms with E-state index >= 15 is 0 Å². The van der Waals surface area contributed by atoms with Crippen molar-refractivity contribution in [2.45, 2.75) is 38.2 Å². The van der Waals surface area contributed by atoms with Gasteiger partial charge in [-0.1, -0.05) is 19.3 Å². The highest BCUT2D eigenvalue weighted by Crippen LogP contribution is 2.16. The third-order valence-corrected chi connectivity index (χ3v) is 1.57. The second-order valence-electron chi connectivity index (χ2n) is 2.29. The van der Waals surface area contributed by atoms with Crippen LogP contribution >= 0.6 is 24.8 Å². The number of hydrogen-bond acceptors (Lipinski definition) is 1. The van der Waals surface area contributed by atoms with E-state index in [1.807, 2.05) is 0 Å². The number of hydrogen-bond donors (Lipinski definition) is 1. The first-order valence-electron chi connectivity index (χ1n) is 3.07. The minimum atomic E-state index is 0. The Labute approximate surface area is 68.7 Å². The van der Waals surface area contributed by atoms with Crippen LogP contribution in [0, 0.1) is 0 Å². The molecular formula is C6H14Cl2O. The van der Waals surface area contributed by atoms with Crippen molar-refractivity contribution in [3.63, 3.8) is 0 Å². The van der Waals surface area contributed by atoms with Crippen LogP contribution in [-0.2, 0) is 0 Å². The average Bonchev–Trinajstić information content (AvgIpc) is 1.69. The summed E-state index contributed by atoms with van der Waals surface area (Å²) >= 11 is 0. The van der Waals surface area contributed by atoms with Crippen molar-refractivity contribution in [1.29, 1.82) is 0 Å². The van der Waals surface area contributed by atoms with E-state index in [1.165, 1.54) is 19.3 Å². The Morgan fingerprint density at radius 3 is 1.56 bits per heavy atom. The number of halogens is 2. The quantitative estimate of drug-likeness (QED) is 0.595. The lowest BCUT2D eigenvalue weighted by atomic mass is 9.98. The van der Waals surface area contributed by atoms with Crippen LogP contribution in [0.3, 0.4) is 0 Å². The van der Waals surface area contributed by atoms with E-state index in [9.17, 15) is 0 Å². The molecule has 0 aromatic heterocycles. The standard InChI is InChI=1S/C6H12O.2ClH/c7-6-4-2-1-3-5-6;;/h6-7H,1-5H2;2*1H. The van der Waals surface area contributed by atoms with Crippen LogP contribution in [-0.4, -0.2) is 11.2 Å². The maximum atomic E-state index is 8.91. The van der Waals surface area contributed by atoms with Crippen molar-refractivity contribution in [2.24, 2.45) is 0 Å². The van der Waals surface area contributed by atoms with Crippen LogP contribution in [0.4, 0.5) is 0 Å². The molecule has 0 saturated heterocycles. The number of aliphatic hydroxyl groups excluding tert-OH is 1. The van der Waals surface area contributed by atoms with Gasteiger partial charge in [0.15, 0.2) is 0 Å². The first kappa shape index (κ1) is 12.2. The van der Waals surface area contributed by atoms with E-state index in [2.05, 4.69) is 0 Å². The van der Waals surface area contributed by atoms with Crippen LogP contribution in [0.5, 0.6) is 0 Å². The summed E-state index contributed by atoms with van der Waals surface area (Å²) in [5.74, 6) is 0. The molecule has 1 N–H and O–H groups in total. The lowest BCUT2D eigenvalue weighted by molar-refractivity contribution is 0.130. The van der Waals surface area contributed by atoms with Crippen LogP contribution < -0.4 is 0 Å².